The van der Waals surface area contributed by atoms with Crippen LogP contribution >= 0.6 is 27.3 Å². The number of nitrogens with one attached hydrogen (secondary N) is 1. The summed E-state index contributed by atoms with van der Waals surface area (Å²) < 4.78 is 1.17. The molecule has 0 saturated carbocycles. The fourth-order valence-corrected chi connectivity index (χ4v) is 3.26. The molecule has 1 atom stereocenters. The summed E-state index contributed by atoms with van der Waals surface area (Å²) >= 11 is 5.29. The molecule has 1 N–H and O–H groups in total. The Balaban J connectivity index is 2.12. The highest BCUT2D eigenvalue weighted by molar-refractivity contribution is 9.10. The van der Waals surface area contributed by atoms with Gasteiger partial charge in [0.2, 0.25) is 0 Å². The Morgan fingerprint density at radius 2 is 2.06 bits per heavy atom. The van der Waals surface area contributed by atoms with Gasteiger partial charge in [-0.15, -0.1) is 11.3 Å². The van der Waals surface area contributed by atoms with Crippen molar-refractivity contribution < 1.29 is 0 Å². The lowest BCUT2D eigenvalue weighted by atomic mass is 10.1. The Kier molecular flexibility index (Phi) is 4.16. The Morgan fingerprint density at radius 3 is 2.62 bits per heavy atom. The average Bonchev–Trinajstić information content (AvgIpc) is 2.74. The number of hydrogen-bond donors (Lipinski definition) is 1. The predicted octanol–water partition coefficient (Wildman–Crippen LogP) is 4.01. The summed E-state index contributed by atoms with van der Waals surface area (Å²) in [7, 11) is 2.02. The van der Waals surface area contributed by atoms with Gasteiger partial charge in [-0.05, 0) is 41.0 Å². The lowest BCUT2D eigenvalue weighted by Crippen LogP contribution is -2.17. The standard InChI is InChI=1S/C13H14BrNS/c1-15-12(13-8-11(14)9-16-13)7-10-5-3-2-4-6-10/h2-6,8-9,12,15H,7H2,1H3. The first-order chi connectivity index (χ1) is 7.79. The topological polar surface area (TPSA) is 12.0 Å². The normalized spacial score (nSPS) is 12.6. The van der Waals surface area contributed by atoms with Gasteiger partial charge in [-0.25, -0.2) is 0 Å². The molecule has 1 nitrogen and oxygen atoms in total. The minimum Gasteiger partial charge on any atom is -0.312 e. The van der Waals surface area contributed by atoms with Crippen molar-refractivity contribution in [2.24, 2.45) is 0 Å². The summed E-state index contributed by atoms with van der Waals surface area (Å²) in [6.45, 7) is 0. The van der Waals surface area contributed by atoms with Gasteiger partial charge in [-0.1, -0.05) is 30.3 Å². The second-order valence-electron chi connectivity index (χ2n) is 3.70. The first kappa shape index (κ1) is 11.8. The zero-order valence-corrected chi connectivity index (χ0v) is 11.5. The van der Waals surface area contributed by atoms with E-state index in [0.29, 0.717) is 6.04 Å². The van der Waals surface area contributed by atoms with Crippen molar-refractivity contribution in [3.8, 4) is 0 Å². The average molecular weight is 296 g/mol. The molecule has 0 saturated heterocycles. The molecule has 0 aliphatic rings. The molecular weight excluding hydrogens is 282 g/mol. The van der Waals surface area contributed by atoms with Gasteiger partial charge in [-0.2, -0.15) is 0 Å². The molecule has 3 heteroatoms. The molecule has 0 fully saturated rings. The summed E-state index contributed by atoms with van der Waals surface area (Å²) in [6, 6.07) is 13.2. The van der Waals surface area contributed by atoms with Crippen LogP contribution in [-0.2, 0) is 6.42 Å². The number of likely N-dealkylation sites (N-methyl/N-ethyl adjacent to an activating group) is 1. The van der Waals surface area contributed by atoms with E-state index in [4.69, 9.17) is 0 Å². The van der Waals surface area contributed by atoms with Gasteiger partial charge in [0.05, 0.1) is 0 Å². The molecule has 84 valence electrons. The zero-order valence-electron chi connectivity index (χ0n) is 9.11. The lowest BCUT2D eigenvalue weighted by Gasteiger charge is -2.14. The molecule has 1 heterocycles. The Hall–Kier alpha value is -0.640. The molecule has 1 aromatic heterocycles. The maximum Gasteiger partial charge on any atom is 0.0453 e. The summed E-state index contributed by atoms with van der Waals surface area (Å²) in [5.74, 6) is 0. The number of thiophene rings is 1. The monoisotopic (exact) mass is 295 g/mol. The van der Waals surface area contributed by atoms with Crippen LogP contribution in [0.1, 0.15) is 16.5 Å². The second-order valence-corrected chi connectivity index (χ2v) is 5.56. The van der Waals surface area contributed by atoms with Gasteiger partial charge in [-0.3, -0.25) is 0 Å². The van der Waals surface area contributed by atoms with E-state index in [-0.39, 0.29) is 0 Å². The highest BCUT2D eigenvalue weighted by Crippen LogP contribution is 2.27. The minimum atomic E-state index is 0.402. The molecule has 1 aromatic carbocycles. The van der Waals surface area contributed by atoms with Crippen LogP contribution < -0.4 is 5.32 Å². The van der Waals surface area contributed by atoms with Crippen molar-refractivity contribution in [3.05, 3.63) is 56.7 Å². The van der Waals surface area contributed by atoms with Gasteiger partial charge >= 0.3 is 0 Å². The zero-order chi connectivity index (χ0) is 11.4. The van der Waals surface area contributed by atoms with Gasteiger partial charge in [0.1, 0.15) is 0 Å². The van der Waals surface area contributed by atoms with Crippen molar-refractivity contribution in [2.45, 2.75) is 12.5 Å². The van der Waals surface area contributed by atoms with E-state index in [2.05, 4.69) is 63.0 Å². The van der Waals surface area contributed by atoms with Crippen LogP contribution in [0.4, 0.5) is 0 Å². The smallest absolute Gasteiger partial charge is 0.0453 e. The summed E-state index contributed by atoms with van der Waals surface area (Å²) in [4.78, 5) is 1.37. The molecule has 0 spiro atoms. The number of hydrogen-bond acceptors (Lipinski definition) is 2. The fraction of sp³-hybridized carbons (Fsp3) is 0.231. The van der Waals surface area contributed by atoms with Crippen LogP contribution in [0.2, 0.25) is 0 Å². The highest BCUT2D eigenvalue weighted by atomic mass is 79.9. The number of halogens is 1. The van der Waals surface area contributed by atoms with Crippen LogP contribution in [0, 0.1) is 0 Å². The third-order valence-electron chi connectivity index (χ3n) is 2.56. The van der Waals surface area contributed by atoms with Crippen molar-refractivity contribution >= 4 is 27.3 Å². The summed E-state index contributed by atoms with van der Waals surface area (Å²) in [6.07, 6.45) is 1.03. The van der Waals surface area contributed by atoms with Gasteiger partial charge in [0.25, 0.3) is 0 Å². The van der Waals surface area contributed by atoms with E-state index in [9.17, 15) is 0 Å². The molecule has 2 rings (SSSR count). The van der Waals surface area contributed by atoms with Crippen LogP contribution in [0.5, 0.6) is 0 Å². The highest BCUT2D eigenvalue weighted by Gasteiger charge is 2.11. The molecular formula is C13H14BrNS. The lowest BCUT2D eigenvalue weighted by molar-refractivity contribution is 0.602. The number of rotatable bonds is 4. The quantitative estimate of drug-likeness (QED) is 0.898. The SMILES string of the molecule is CNC(Cc1ccccc1)c1cc(Br)cs1. The molecule has 2 aromatic rings. The van der Waals surface area contributed by atoms with Gasteiger partial charge in [0, 0.05) is 20.8 Å². The van der Waals surface area contributed by atoms with Crippen molar-refractivity contribution in [2.75, 3.05) is 7.05 Å². The third-order valence-corrected chi connectivity index (χ3v) is 4.37. The molecule has 0 aliphatic carbocycles. The Morgan fingerprint density at radius 1 is 1.31 bits per heavy atom. The second kappa shape index (κ2) is 5.62. The van der Waals surface area contributed by atoms with Crippen LogP contribution in [0.3, 0.4) is 0 Å². The van der Waals surface area contributed by atoms with Crippen LogP contribution in [0.15, 0.2) is 46.3 Å². The molecule has 16 heavy (non-hydrogen) atoms. The van der Waals surface area contributed by atoms with E-state index in [1.54, 1.807) is 11.3 Å². The fourth-order valence-electron chi connectivity index (χ4n) is 1.71. The Labute approximate surface area is 109 Å². The van der Waals surface area contributed by atoms with Gasteiger partial charge < -0.3 is 5.32 Å². The molecule has 0 radical (unpaired) electrons. The Bertz CT molecular complexity index is 438. The number of benzene rings is 1. The molecule has 0 aliphatic heterocycles. The van der Waals surface area contributed by atoms with E-state index < -0.39 is 0 Å². The van der Waals surface area contributed by atoms with E-state index >= 15 is 0 Å². The summed E-state index contributed by atoms with van der Waals surface area (Å²) in [5, 5.41) is 5.50. The summed E-state index contributed by atoms with van der Waals surface area (Å²) in [5.41, 5.74) is 1.37. The predicted molar refractivity (Wildman–Crippen MR) is 74.0 cm³/mol. The van der Waals surface area contributed by atoms with Crippen molar-refractivity contribution in [1.29, 1.82) is 0 Å². The van der Waals surface area contributed by atoms with E-state index in [1.807, 2.05) is 7.05 Å². The van der Waals surface area contributed by atoms with E-state index in [0.717, 1.165) is 6.42 Å². The maximum absolute atomic E-state index is 3.50. The van der Waals surface area contributed by atoms with Crippen molar-refractivity contribution in [1.82, 2.24) is 5.32 Å². The van der Waals surface area contributed by atoms with Crippen LogP contribution in [-0.4, -0.2) is 7.05 Å². The van der Waals surface area contributed by atoms with Crippen LogP contribution in [0.25, 0.3) is 0 Å². The third kappa shape index (κ3) is 2.94. The van der Waals surface area contributed by atoms with E-state index in [1.165, 1.54) is 14.9 Å². The molecule has 0 amide bonds. The first-order valence-electron chi connectivity index (χ1n) is 5.24. The largest absolute Gasteiger partial charge is 0.312 e. The maximum atomic E-state index is 3.50. The minimum absolute atomic E-state index is 0.402. The molecule has 1 unspecified atom stereocenters. The van der Waals surface area contributed by atoms with Crippen molar-refractivity contribution in [3.63, 3.8) is 0 Å². The molecule has 0 bridgehead atoms. The first-order valence-corrected chi connectivity index (χ1v) is 6.92. The van der Waals surface area contributed by atoms with Gasteiger partial charge in [0.15, 0.2) is 0 Å².